The first kappa shape index (κ1) is 61.6. The molecule has 5 fully saturated rings. The number of hydrogen-bond donors (Lipinski definition) is 6. The van der Waals surface area contributed by atoms with Crippen molar-refractivity contribution in [1.29, 1.82) is 0 Å². The summed E-state index contributed by atoms with van der Waals surface area (Å²) in [6.07, 6.45) is 16.9. The minimum absolute atomic E-state index is 0.00774. The van der Waals surface area contributed by atoms with Crippen LogP contribution in [0.15, 0.2) is 83.9 Å². The highest BCUT2D eigenvalue weighted by molar-refractivity contribution is 7.89. The van der Waals surface area contributed by atoms with Crippen LogP contribution >= 0.6 is 0 Å². The predicted molar refractivity (Wildman–Crippen MR) is 304 cm³/mol. The Balaban J connectivity index is 0.000000194. The number of piperidine rings is 1. The fraction of sp³-hybridized carbons (Fsp3) is 0.544. The maximum Gasteiger partial charge on any atom is 0.328 e. The molecule has 4 saturated heterocycles. The Hall–Kier alpha value is -6.59. The molecule has 4 aliphatic heterocycles. The Morgan fingerprint density at radius 1 is 0.658 bits per heavy atom. The normalized spacial score (nSPS) is 17.5. The first-order valence-corrected chi connectivity index (χ1v) is 29.4. The first-order chi connectivity index (χ1) is 38.1. The summed E-state index contributed by atoms with van der Waals surface area (Å²) < 4.78 is 45.2. The van der Waals surface area contributed by atoms with Gasteiger partial charge in [-0.25, -0.2) is 27.5 Å². The molecule has 4 heterocycles. The van der Waals surface area contributed by atoms with Crippen molar-refractivity contribution in [3.63, 3.8) is 0 Å². The average Bonchev–Trinajstić information content (AvgIpc) is 3.44. The first-order valence-electron chi connectivity index (χ1n) is 28.0. The summed E-state index contributed by atoms with van der Waals surface area (Å²) in [5.74, 6) is 0.818. The summed E-state index contributed by atoms with van der Waals surface area (Å²) in [4.78, 5) is 77.6. The molecule has 0 spiro atoms. The number of unbranched alkanes of at least 4 members (excludes halogenated alkanes) is 5. The van der Waals surface area contributed by atoms with E-state index in [1.165, 1.54) is 49.8 Å². The molecule has 9 amide bonds. The van der Waals surface area contributed by atoms with Crippen molar-refractivity contribution >= 4 is 62.9 Å². The van der Waals surface area contributed by atoms with Crippen LogP contribution in [0.25, 0.3) is 0 Å². The van der Waals surface area contributed by atoms with Crippen LogP contribution in [0, 0.1) is 6.92 Å². The average molecular weight is 1120 g/mol. The maximum absolute atomic E-state index is 12.5. The third-order valence-electron chi connectivity index (χ3n) is 14.2. The van der Waals surface area contributed by atoms with Gasteiger partial charge in [0.2, 0.25) is 21.8 Å². The van der Waals surface area contributed by atoms with Crippen LogP contribution in [-0.2, 0) is 29.1 Å². The highest BCUT2D eigenvalue weighted by Crippen LogP contribution is 2.29. The van der Waals surface area contributed by atoms with E-state index in [2.05, 4.69) is 32.6 Å². The van der Waals surface area contributed by atoms with Crippen LogP contribution in [0.3, 0.4) is 0 Å². The quantitative estimate of drug-likeness (QED) is 0.0525. The van der Waals surface area contributed by atoms with Crippen LogP contribution in [0.2, 0.25) is 0 Å². The number of ether oxygens (including phenoxy) is 3. The number of urea groups is 3. The molecule has 0 unspecified atom stereocenters. The van der Waals surface area contributed by atoms with E-state index < -0.39 is 16.1 Å². The number of carbonyl (C=O) groups is 6. The van der Waals surface area contributed by atoms with E-state index >= 15 is 0 Å². The smallest absolute Gasteiger partial charge is 0.328 e. The van der Waals surface area contributed by atoms with Gasteiger partial charge in [-0.15, -0.1) is 0 Å². The molecular formula is C57H82N10O11S. The Labute approximate surface area is 465 Å². The topological polar surface area (TPSA) is 263 Å². The van der Waals surface area contributed by atoms with Crippen molar-refractivity contribution in [1.82, 2.24) is 30.9 Å². The number of nitrogens with two attached hydrogens (primary N) is 1. The minimum Gasteiger partial charge on any atom is -0.494 e. The maximum atomic E-state index is 12.5. The van der Waals surface area contributed by atoms with Gasteiger partial charge in [-0.1, -0.05) is 57.2 Å². The largest absolute Gasteiger partial charge is 0.494 e. The zero-order valence-electron chi connectivity index (χ0n) is 46.1. The molecule has 1 saturated carbocycles. The van der Waals surface area contributed by atoms with Crippen LogP contribution in [-0.4, -0.2) is 134 Å². The number of rotatable bonds is 23. The second kappa shape index (κ2) is 31.9. The summed E-state index contributed by atoms with van der Waals surface area (Å²) in [5, 5.41) is 10.5. The van der Waals surface area contributed by atoms with Crippen molar-refractivity contribution in [2.24, 2.45) is 5.73 Å². The van der Waals surface area contributed by atoms with Crippen LogP contribution in [0.1, 0.15) is 115 Å². The SMILES string of the molecule is C=C1CCN(c2cc(S(=O)(=O)NCCCCCN)ccc2C)C(=O)N1.CNCCCCCCOc1cccc(N2CCC(=O)NC2=O)c1.O=C1CCN(c2ccc(OCC(=O)N3CCC(OC4CCCCC4)CC3)cc2)C(=O)N1. The molecule has 22 heteroatoms. The fourth-order valence-electron chi connectivity index (χ4n) is 9.63. The standard InChI is InChI=1S/C23H31N3O5.C17H26N4O3S.C17H25N3O3/c27-21-12-15-26(23(29)24-21)17-6-8-18(9-7-17)30-16-22(28)25-13-10-20(11-14-25)31-19-4-2-1-3-5-19;1-13-6-7-15(25(23,24)19-10-5-3-4-9-18)12-16(13)21-11-8-14(2)20-17(21)22;1-18-10-4-2-3-5-12-23-15-8-6-7-14(13-15)20-11-9-16(21)19-17(20)22/h6-9,19-20H,1-5,10-16H2,(H,24,27,29);6-7,12,19H,2-5,8-11,18H2,1H3,(H,20,22);6-8,13,18H,2-5,9-12H2,1H3,(H,19,21,22). The number of likely N-dealkylation sites (tertiary alicyclic amines) is 1. The molecule has 79 heavy (non-hydrogen) atoms. The highest BCUT2D eigenvalue weighted by atomic mass is 32.2. The van der Waals surface area contributed by atoms with Crippen molar-refractivity contribution in [3.05, 3.63) is 84.6 Å². The molecule has 0 bridgehead atoms. The van der Waals surface area contributed by atoms with Crippen LogP contribution in [0.4, 0.5) is 31.4 Å². The Morgan fingerprint density at radius 3 is 1.94 bits per heavy atom. The second-order valence-electron chi connectivity index (χ2n) is 20.3. The van der Waals surface area contributed by atoms with Crippen molar-refractivity contribution in [3.8, 4) is 11.5 Å². The van der Waals surface area contributed by atoms with Gasteiger partial charge in [-0.2, -0.15) is 0 Å². The number of benzene rings is 3. The number of imide groups is 2. The molecule has 8 rings (SSSR count). The monoisotopic (exact) mass is 1110 g/mol. The number of hydrogen-bond acceptors (Lipinski definition) is 13. The summed E-state index contributed by atoms with van der Waals surface area (Å²) in [6.45, 7) is 11.0. The van der Waals surface area contributed by atoms with Gasteiger partial charge < -0.3 is 35.5 Å². The van der Waals surface area contributed by atoms with Crippen molar-refractivity contribution in [2.75, 3.05) is 87.3 Å². The third-order valence-corrected chi connectivity index (χ3v) is 15.6. The third kappa shape index (κ3) is 19.9. The molecule has 0 aromatic heterocycles. The van der Waals surface area contributed by atoms with E-state index in [4.69, 9.17) is 19.9 Å². The predicted octanol–water partition coefficient (Wildman–Crippen LogP) is 6.98. The fourth-order valence-corrected chi connectivity index (χ4v) is 10.7. The lowest BCUT2D eigenvalue weighted by atomic mass is 9.97. The van der Waals surface area contributed by atoms with Gasteiger partial charge in [-0.05, 0) is 133 Å². The summed E-state index contributed by atoms with van der Waals surface area (Å²) in [5.41, 5.74) is 8.96. The summed E-state index contributed by atoms with van der Waals surface area (Å²) >= 11 is 0. The Bertz CT molecular complexity index is 2620. The number of sulfonamides is 1. The zero-order valence-corrected chi connectivity index (χ0v) is 46.9. The molecule has 0 radical (unpaired) electrons. The van der Waals surface area contributed by atoms with E-state index in [1.54, 1.807) is 52.3 Å². The number of nitrogens with one attached hydrogen (secondary N) is 5. The molecular weight excluding hydrogens is 1030 g/mol. The number of amides is 9. The lowest BCUT2D eigenvalue weighted by Gasteiger charge is -2.34. The number of anilines is 3. The molecule has 3 aromatic rings. The molecule has 0 atom stereocenters. The molecule has 21 nitrogen and oxygen atoms in total. The van der Waals surface area contributed by atoms with Crippen LogP contribution < -0.4 is 55.9 Å². The molecule has 432 valence electrons. The second-order valence-corrected chi connectivity index (χ2v) is 22.0. The molecule has 7 N–H and O–H groups in total. The van der Waals surface area contributed by atoms with E-state index in [-0.39, 0.29) is 53.8 Å². The lowest BCUT2D eigenvalue weighted by Crippen LogP contribution is -2.49. The van der Waals surface area contributed by atoms with Gasteiger partial charge in [0.15, 0.2) is 6.61 Å². The van der Waals surface area contributed by atoms with E-state index in [9.17, 15) is 37.2 Å². The number of aryl methyl sites for hydroxylation is 1. The number of carbonyl (C=O) groups excluding carboxylic acids is 6. The van der Waals surface area contributed by atoms with Crippen LogP contribution in [0.5, 0.6) is 11.5 Å². The highest BCUT2D eigenvalue weighted by Gasteiger charge is 2.29. The van der Waals surface area contributed by atoms with Gasteiger partial charge >= 0.3 is 18.1 Å². The van der Waals surface area contributed by atoms with Gasteiger partial charge in [0.05, 0.1) is 23.7 Å². The summed E-state index contributed by atoms with van der Waals surface area (Å²) in [7, 11) is -1.64. The van der Waals surface area contributed by atoms with Crippen molar-refractivity contribution < 1.29 is 51.4 Å². The van der Waals surface area contributed by atoms with Gasteiger partial charge in [-0.3, -0.25) is 39.7 Å². The Morgan fingerprint density at radius 2 is 1.28 bits per heavy atom. The van der Waals surface area contributed by atoms with Gasteiger partial charge in [0.1, 0.15) is 11.5 Å². The lowest BCUT2D eigenvalue weighted by molar-refractivity contribution is -0.137. The number of nitrogens with zero attached hydrogens (tertiary/aromatic N) is 4. The van der Waals surface area contributed by atoms with E-state index in [1.807, 2.05) is 43.1 Å². The minimum atomic E-state index is -3.61. The van der Waals surface area contributed by atoms with Crippen molar-refractivity contribution in [2.45, 2.75) is 133 Å². The zero-order chi connectivity index (χ0) is 56.6. The summed E-state index contributed by atoms with van der Waals surface area (Å²) in [6, 6.07) is 18.2. The van der Waals surface area contributed by atoms with E-state index in [0.717, 1.165) is 68.5 Å². The molecule has 5 aliphatic rings. The molecule has 3 aromatic carbocycles. The van der Waals surface area contributed by atoms with Gasteiger partial charge in [0, 0.05) is 87.4 Å². The molecule has 1 aliphatic carbocycles. The Kier molecular flexibility index (Phi) is 24.9. The van der Waals surface area contributed by atoms with Gasteiger partial charge in [0.25, 0.3) is 5.91 Å². The van der Waals surface area contributed by atoms with E-state index in [0.29, 0.717) is 94.2 Å².